The van der Waals surface area contributed by atoms with Crippen molar-refractivity contribution in [3.63, 3.8) is 0 Å². The van der Waals surface area contributed by atoms with Crippen LogP contribution in [0.1, 0.15) is 36.1 Å². The molecule has 72 valence electrons. The number of rotatable bonds is 2. The van der Waals surface area contributed by atoms with E-state index in [2.05, 4.69) is 15.0 Å². The number of hydrogen-bond donors (Lipinski definition) is 1. The standard InChI is InChI=1S/C10H11N3O/c1-6(2)9-11-4-7-3-8(5-14)12-10(7)13-9/h3-6H,1-2H3,(H,11,12,13). The van der Waals surface area contributed by atoms with Crippen LogP contribution < -0.4 is 0 Å². The van der Waals surface area contributed by atoms with Crippen LogP contribution in [-0.2, 0) is 0 Å². The molecule has 0 saturated carbocycles. The fraction of sp³-hybridized carbons (Fsp3) is 0.300. The Labute approximate surface area is 81.4 Å². The van der Waals surface area contributed by atoms with Crippen molar-refractivity contribution in [3.05, 3.63) is 23.8 Å². The van der Waals surface area contributed by atoms with Crippen molar-refractivity contribution in [3.8, 4) is 0 Å². The van der Waals surface area contributed by atoms with Gasteiger partial charge in [0.15, 0.2) is 6.29 Å². The molecule has 0 bridgehead atoms. The smallest absolute Gasteiger partial charge is 0.166 e. The zero-order valence-electron chi connectivity index (χ0n) is 8.11. The first-order valence-electron chi connectivity index (χ1n) is 4.51. The number of aromatic nitrogens is 3. The lowest BCUT2D eigenvalue weighted by atomic mass is 10.2. The molecule has 0 amide bonds. The van der Waals surface area contributed by atoms with Gasteiger partial charge in [0.05, 0.1) is 5.69 Å². The molecule has 0 aliphatic heterocycles. The molecule has 0 aliphatic rings. The maximum absolute atomic E-state index is 10.5. The van der Waals surface area contributed by atoms with Crippen LogP contribution in [0.4, 0.5) is 0 Å². The topological polar surface area (TPSA) is 58.6 Å². The van der Waals surface area contributed by atoms with E-state index in [1.165, 1.54) is 0 Å². The highest BCUT2D eigenvalue weighted by Gasteiger charge is 2.06. The van der Waals surface area contributed by atoms with Gasteiger partial charge in [0, 0.05) is 17.5 Å². The summed E-state index contributed by atoms with van der Waals surface area (Å²) in [7, 11) is 0. The zero-order valence-corrected chi connectivity index (χ0v) is 8.11. The maximum atomic E-state index is 10.5. The molecule has 0 spiro atoms. The van der Waals surface area contributed by atoms with Gasteiger partial charge in [-0.05, 0) is 6.07 Å². The largest absolute Gasteiger partial charge is 0.337 e. The summed E-state index contributed by atoms with van der Waals surface area (Å²) >= 11 is 0. The zero-order chi connectivity index (χ0) is 10.1. The third-order valence-electron chi connectivity index (χ3n) is 2.05. The first-order valence-corrected chi connectivity index (χ1v) is 4.51. The van der Waals surface area contributed by atoms with E-state index < -0.39 is 0 Å². The highest BCUT2D eigenvalue weighted by Crippen LogP contribution is 2.14. The van der Waals surface area contributed by atoms with Crippen LogP contribution in [0.3, 0.4) is 0 Å². The van der Waals surface area contributed by atoms with Gasteiger partial charge in [0.2, 0.25) is 0 Å². The number of H-pyrrole nitrogens is 1. The lowest BCUT2D eigenvalue weighted by Gasteiger charge is -2.01. The molecular formula is C10H11N3O. The Morgan fingerprint density at radius 3 is 2.93 bits per heavy atom. The van der Waals surface area contributed by atoms with E-state index >= 15 is 0 Å². The number of carbonyl (C=O) groups is 1. The SMILES string of the molecule is CC(C)c1ncc2cc(C=O)[nH]c2n1. The van der Waals surface area contributed by atoms with Crippen molar-refractivity contribution in [1.29, 1.82) is 0 Å². The quantitative estimate of drug-likeness (QED) is 0.734. The minimum Gasteiger partial charge on any atom is -0.337 e. The molecule has 2 heterocycles. The van der Waals surface area contributed by atoms with Gasteiger partial charge in [-0.3, -0.25) is 4.79 Å². The average Bonchev–Trinajstić information content (AvgIpc) is 2.58. The van der Waals surface area contributed by atoms with Crippen LogP contribution in [-0.4, -0.2) is 21.2 Å². The highest BCUT2D eigenvalue weighted by atomic mass is 16.1. The maximum Gasteiger partial charge on any atom is 0.166 e. The van der Waals surface area contributed by atoms with E-state index in [4.69, 9.17) is 0 Å². The summed E-state index contributed by atoms with van der Waals surface area (Å²) in [6, 6.07) is 1.74. The second-order valence-corrected chi connectivity index (χ2v) is 3.53. The number of aromatic amines is 1. The van der Waals surface area contributed by atoms with E-state index in [1.807, 2.05) is 13.8 Å². The summed E-state index contributed by atoms with van der Waals surface area (Å²) in [5.74, 6) is 1.08. The summed E-state index contributed by atoms with van der Waals surface area (Å²) in [6.07, 6.45) is 2.51. The molecule has 4 nitrogen and oxygen atoms in total. The van der Waals surface area contributed by atoms with E-state index in [-0.39, 0.29) is 0 Å². The van der Waals surface area contributed by atoms with Crippen molar-refractivity contribution < 1.29 is 4.79 Å². The van der Waals surface area contributed by atoms with Crippen LogP contribution in [0, 0.1) is 0 Å². The van der Waals surface area contributed by atoms with Crippen LogP contribution in [0.5, 0.6) is 0 Å². The lowest BCUT2D eigenvalue weighted by molar-refractivity contribution is 0.112. The lowest BCUT2D eigenvalue weighted by Crippen LogP contribution is -1.96. The minimum atomic E-state index is 0.294. The van der Waals surface area contributed by atoms with E-state index in [9.17, 15) is 4.79 Å². The average molecular weight is 189 g/mol. The summed E-state index contributed by atoms with van der Waals surface area (Å²) in [4.78, 5) is 22.0. The minimum absolute atomic E-state index is 0.294. The molecule has 0 aromatic carbocycles. The normalized spacial score (nSPS) is 11.1. The Bertz CT molecular complexity index is 473. The van der Waals surface area contributed by atoms with Crippen molar-refractivity contribution in [2.75, 3.05) is 0 Å². The van der Waals surface area contributed by atoms with Gasteiger partial charge in [-0.1, -0.05) is 13.8 Å². The van der Waals surface area contributed by atoms with Gasteiger partial charge < -0.3 is 4.98 Å². The van der Waals surface area contributed by atoms with Gasteiger partial charge in [-0.25, -0.2) is 9.97 Å². The third-order valence-corrected chi connectivity index (χ3v) is 2.05. The molecule has 14 heavy (non-hydrogen) atoms. The molecule has 0 saturated heterocycles. The molecule has 0 unspecified atom stereocenters. The van der Waals surface area contributed by atoms with Crippen LogP contribution in [0.15, 0.2) is 12.3 Å². The molecule has 2 aromatic rings. The Morgan fingerprint density at radius 2 is 2.29 bits per heavy atom. The number of hydrogen-bond acceptors (Lipinski definition) is 3. The summed E-state index contributed by atoms with van der Waals surface area (Å²) in [5.41, 5.74) is 1.26. The van der Waals surface area contributed by atoms with Crippen LogP contribution >= 0.6 is 0 Å². The molecule has 0 radical (unpaired) electrons. The number of aldehydes is 1. The Morgan fingerprint density at radius 1 is 1.50 bits per heavy atom. The summed E-state index contributed by atoms with van der Waals surface area (Å²) in [5, 5.41) is 0.872. The molecule has 1 N–H and O–H groups in total. The first-order chi connectivity index (χ1) is 6.70. The van der Waals surface area contributed by atoms with Crippen LogP contribution in [0.2, 0.25) is 0 Å². The molecule has 2 rings (SSSR count). The van der Waals surface area contributed by atoms with Gasteiger partial charge >= 0.3 is 0 Å². The molecule has 0 atom stereocenters. The van der Waals surface area contributed by atoms with E-state index in [0.29, 0.717) is 11.6 Å². The summed E-state index contributed by atoms with van der Waals surface area (Å²) < 4.78 is 0. The fourth-order valence-electron chi connectivity index (χ4n) is 1.29. The molecule has 2 aromatic heterocycles. The highest BCUT2D eigenvalue weighted by molar-refractivity contribution is 5.85. The number of nitrogens with one attached hydrogen (secondary N) is 1. The van der Waals surface area contributed by atoms with E-state index in [0.717, 1.165) is 23.1 Å². The molecular weight excluding hydrogens is 178 g/mol. The number of carbonyl (C=O) groups excluding carboxylic acids is 1. The van der Waals surface area contributed by atoms with Gasteiger partial charge in [-0.2, -0.15) is 0 Å². The number of nitrogens with zero attached hydrogens (tertiary/aromatic N) is 2. The fourth-order valence-corrected chi connectivity index (χ4v) is 1.29. The second kappa shape index (κ2) is 3.21. The Hall–Kier alpha value is -1.71. The van der Waals surface area contributed by atoms with Crippen molar-refractivity contribution in [2.24, 2.45) is 0 Å². The molecule has 0 aliphatic carbocycles. The number of fused-ring (bicyclic) bond motifs is 1. The van der Waals surface area contributed by atoms with Gasteiger partial charge in [-0.15, -0.1) is 0 Å². The second-order valence-electron chi connectivity index (χ2n) is 3.53. The Kier molecular flexibility index (Phi) is 2.04. The van der Waals surface area contributed by atoms with Gasteiger partial charge in [0.1, 0.15) is 11.5 Å². The Balaban J connectivity index is 2.59. The van der Waals surface area contributed by atoms with E-state index in [1.54, 1.807) is 12.3 Å². The molecule has 0 fully saturated rings. The van der Waals surface area contributed by atoms with Crippen molar-refractivity contribution >= 4 is 17.3 Å². The first kappa shape index (κ1) is 8.87. The van der Waals surface area contributed by atoms with Gasteiger partial charge in [0.25, 0.3) is 0 Å². The predicted octanol–water partition coefficient (Wildman–Crippen LogP) is 1.89. The molecule has 4 heteroatoms. The van der Waals surface area contributed by atoms with Crippen LogP contribution in [0.25, 0.3) is 11.0 Å². The van der Waals surface area contributed by atoms with Crippen molar-refractivity contribution in [2.45, 2.75) is 19.8 Å². The predicted molar refractivity (Wildman–Crippen MR) is 53.4 cm³/mol. The third kappa shape index (κ3) is 1.39. The monoisotopic (exact) mass is 189 g/mol. The summed E-state index contributed by atoms with van der Waals surface area (Å²) in [6.45, 7) is 4.06. The van der Waals surface area contributed by atoms with Crippen molar-refractivity contribution in [1.82, 2.24) is 15.0 Å².